The van der Waals surface area contributed by atoms with Crippen molar-refractivity contribution < 1.29 is 4.74 Å². The Hall–Kier alpha value is -4.31. The minimum Gasteiger partial charge on any atom is -0.463 e. The van der Waals surface area contributed by atoms with E-state index < -0.39 is 0 Å². The average molecular weight is 479 g/mol. The van der Waals surface area contributed by atoms with Crippen molar-refractivity contribution in [2.45, 2.75) is 33.1 Å². The van der Waals surface area contributed by atoms with E-state index in [-0.39, 0.29) is 0 Å². The molecule has 0 bridgehead atoms. The van der Waals surface area contributed by atoms with E-state index in [0.29, 0.717) is 24.5 Å². The third-order valence-corrected chi connectivity index (χ3v) is 5.96. The molecule has 182 valence electrons. The highest BCUT2D eigenvalue weighted by molar-refractivity contribution is 6.07. The van der Waals surface area contributed by atoms with Crippen molar-refractivity contribution in [3.05, 3.63) is 78.4 Å². The van der Waals surface area contributed by atoms with E-state index in [1.54, 1.807) is 0 Å². The number of aromatic nitrogens is 4. The Balaban J connectivity index is 1.43. The normalized spacial score (nSPS) is 10.9. The minimum absolute atomic E-state index is 0.328. The summed E-state index contributed by atoms with van der Waals surface area (Å²) in [5, 5.41) is 5.58. The van der Waals surface area contributed by atoms with Crippen LogP contribution in [0.3, 0.4) is 0 Å². The molecule has 0 atom stereocenters. The number of anilines is 3. The molecule has 3 aromatic carbocycles. The van der Waals surface area contributed by atoms with Gasteiger partial charge in [-0.05, 0) is 54.8 Å². The summed E-state index contributed by atoms with van der Waals surface area (Å²) in [6.07, 6.45) is 2.79. The molecule has 0 saturated heterocycles. The van der Waals surface area contributed by atoms with Gasteiger partial charge in [-0.15, -0.1) is 0 Å². The predicted molar refractivity (Wildman–Crippen MR) is 145 cm³/mol. The van der Waals surface area contributed by atoms with Crippen LogP contribution in [0.15, 0.2) is 60.7 Å². The van der Waals surface area contributed by atoms with Gasteiger partial charge < -0.3 is 19.9 Å². The van der Waals surface area contributed by atoms with Crippen LogP contribution in [0, 0.1) is 12.1 Å². The zero-order valence-electron chi connectivity index (χ0n) is 20.7. The van der Waals surface area contributed by atoms with Gasteiger partial charge in [0, 0.05) is 41.5 Å². The van der Waals surface area contributed by atoms with E-state index in [1.165, 1.54) is 5.56 Å². The lowest BCUT2D eigenvalue weighted by Crippen LogP contribution is -2.27. The van der Waals surface area contributed by atoms with Crippen molar-refractivity contribution in [2.75, 3.05) is 29.9 Å². The highest BCUT2D eigenvalue weighted by Crippen LogP contribution is 2.28. The first-order valence-electron chi connectivity index (χ1n) is 12.5. The fourth-order valence-electron chi connectivity index (χ4n) is 4.29. The fourth-order valence-corrected chi connectivity index (χ4v) is 4.29. The minimum atomic E-state index is 0.328. The molecule has 5 aromatic rings. The van der Waals surface area contributed by atoms with Crippen molar-refractivity contribution in [1.29, 1.82) is 0 Å². The van der Waals surface area contributed by atoms with Crippen LogP contribution in [-0.2, 0) is 6.42 Å². The molecule has 0 fully saturated rings. The molecule has 0 amide bonds. The molecule has 0 spiro atoms. The van der Waals surface area contributed by atoms with E-state index in [1.807, 2.05) is 42.5 Å². The van der Waals surface area contributed by atoms with Crippen molar-refractivity contribution in [2.24, 2.45) is 0 Å². The number of fused-ring (bicyclic) bond motifs is 3. The molecule has 2 heterocycles. The molecule has 5 rings (SSSR count). The number of hydrogen-bond donors (Lipinski definition) is 2. The van der Waals surface area contributed by atoms with Gasteiger partial charge in [0.15, 0.2) is 0 Å². The van der Waals surface area contributed by atoms with E-state index in [9.17, 15) is 0 Å². The number of ether oxygens (including phenoxy) is 1. The molecule has 0 saturated carbocycles. The molecule has 0 aliphatic rings. The van der Waals surface area contributed by atoms with Crippen LogP contribution in [0.5, 0.6) is 6.01 Å². The highest BCUT2D eigenvalue weighted by atomic mass is 16.5. The van der Waals surface area contributed by atoms with Gasteiger partial charge in [-0.3, -0.25) is 0 Å². The summed E-state index contributed by atoms with van der Waals surface area (Å²) in [6, 6.07) is 26.8. The van der Waals surface area contributed by atoms with Gasteiger partial charge in [0.05, 0.1) is 12.1 Å². The summed E-state index contributed by atoms with van der Waals surface area (Å²) in [5.41, 5.74) is 4.09. The summed E-state index contributed by atoms with van der Waals surface area (Å²) < 4.78 is 6.01. The van der Waals surface area contributed by atoms with Crippen molar-refractivity contribution in [1.82, 2.24) is 19.9 Å². The summed E-state index contributed by atoms with van der Waals surface area (Å²) in [7, 11) is 0. The SMILES string of the molecule is CCCN(CCC)c1nc(Nc2ccc3[nH]c4c#cccc4c3c2)nc(OCCc2ccccc2)n1. The first-order chi connectivity index (χ1) is 17.7. The lowest BCUT2D eigenvalue weighted by Gasteiger charge is -2.22. The summed E-state index contributed by atoms with van der Waals surface area (Å²) in [4.78, 5) is 19.6. The molecule has 0 aliphatic carbocycles. The predicted octanol–water partition coefficient (Wildman–Crippen LogP) is 6.10. The second kappa shape index (κ2) is 11.0. The first kappa shape index (κ1) is 23.4. The van der Waals surface area contributed by atoms with Gasteiger partial charge in [0.2, 0.25) is 11.9 Å². The highest BCUT2D eigenvalue weighted by Gasteiger charge is 2.14. The Bertz CT molecular complexity index is 1430. The number of nitrogens with one attached hydrogen (secondary N) is 2. The van der Waals surface area contributed by atoms with Gasteiger partial charge in [-0.25, -0.2) is 0 Å². The molecule has 2 aromatic heterocycles. The number of rotatable bonds is 11. The number of hydrogen-bond acceptors (Lipinski definition) is 6. The smallest absolute Gasteiger partial charge is 0.323 e. The molecular weight excluding hydrogens is 448 g/mol. The Kier molecular flexibility index (Phi) is 7.13. The van der Waals surface area contributed by atoms with E-state index >= 15 is 0 Å². The molecular formula is C29H30N6O. The zero-order chi connectivity index (χ0) is 24.7. The molecule has 36 heavy (non-hydrogen) atoms. The van der Waals surface area contributed by atoms with E-state index in [2.05, 4.69) is 69.3 Å². The fraction of sp³-hybridized carbons (Fsp3) is 0.276. The second-order valence-corrected chi connectivity index (χ2v) is 8.71. The Morgan fingerprint density at radius 3 is 2.58 bits per heavy atom. The largest absolute Gasteiger partial charge is 0.463 e. The Morgan fingerprint density at radius 1 is 0.944 bits per heavy atom. The van der Waals surface area contributed by atoms with Crippen LogP contribution in [0.2, 0.25) is 0 Å². The molecule has 2 N–H and O–H groups in total. The maximum atomic E-state index is 6.01. The summed E-state index contributed by atoms with van der Waals surface area (Å²) in [6.45, 7) is 6.55. The number of nitrogens with zero attached hydrogens (tertiary/aromatic N) is 4. The zero-order valence-corrected chi connectivity index (χ0v) is 20.7. The number of benzene rings is 2. The molecule has 0 unspecified atom stereocenters. The van der Waals surface area contributed by atoms with Crippen LogP contribution < -0.4 is 15.0 Å². The second-order valence-electron chi connectivity index (χ2n) is 8.71. The van der Waals surface area contributed by atoms with Crippen LogP contribution in [0.4, 0.5) is 17.6 Å². The van der Waals surface area contributed by atoms with E-state index in [0.717, 1.165) is 59.8 Å². The first-order valence-corrected chi connectivity index (χ1v) is 12.5. The van der Waals surface area contributed by atoms with Gasteiger partial charge in [0.1, 0.15) is 0 Å². The average Bonchev–Trinajstić information content (AvgIpc) is 3.27. The summed E-state index contributed by atoms with van der Waals surface area (Å²) in [5.74, 6) is 1.09. The number of aromatic amines is 1. The lowest BCUT2D eigenvalue weighted by atomic mass is 10.1. The third kappa shape index (κ3) is 5.33. The van der Waals surface area contributed by atoms with Crippen molar-refractivity contribution >= 4 is 39.4 Å². The standard InChI is InChI=1S/C29H30N6O/c1-3-17-35(18-4-2)28-32-27(33-29(34-28)36-19-16-21-10-6-5-7-11-21)30-22-14-15-26-24(20-22)23-12-8-9-13-25(23)31-26/h5-8,10-12,14-15,20,31H,3-4,16-19H2,1-2H3,(H,30,32,33,34). The van der Waals surface area contributed by atoms with Crippen molar-refractivity contribution in [3.8, 4) is 6.01 Å². The maximum Gasteiger partial charge on any atom is 0.323 e. The van der Waals surface area contributed by atoms with Crippen LogP contribution in [-0.4, -0.2) is 39.6 Å². The topological polar surface area (TPSA) is 79.0 Å². The van der Waals surface area contributed by atoms with E-state index in [4.69, 9.17) is 9.72 Å². The van der Waals surface area contributed by atoms with Crippen LogP contribution >= 0.6 is 0 Å². The Morgan fingerprint density at radius 2 is 1.78 bits per heavy atom. The van der Waals surface area contributed by atoms with Gasteiger partial charge in [-0.1, -0.05) is 50.2 Å². The van der Waals surface area contributed by atoms with Gasteiger partial charge in [0.25, 0.3) is 0 Å². The third-order valence-electron chi connectivity index (χ3n) is 5.96. The Labute approximate surface area is 211 Å². The van der Waals surface area contributed by atoms with Gasteiger partial charge >= 0.3 is 6.01 Å². The van der Waals surface area contributed by atoms with Crippen LogP contribution in [0.25, 0.3) is 21.8 Å². The monoisotopic (exact) mass is 478 g/mol. The van der Waals surface area contributed by atoms with Crippen molar-refractivity contribution in [3.63, 3.8) is 0 Å². The molecule has 7 heteroatoms. The lowest BCUT2D eigenvalue weighted by molar-refractivity contribution is 0.296. The van der Waals surface area contributed by atoms with Crippen LogP contribution in [0.1, 0.15) is 32.3 Å². The quantitative estimate of drug-likeness (QED) is 0.239. The number of H-pyrrole nitrogens is 1. The summed E-state index contributed by atoms with van der Waals surface area (Å²) >= 11 is 0. The maximum absolute atomic E-state index is 6.01. The molecule has 0 radical (unpaired) electrons. The van der Waals surface area contributed by atoms with Gasteiger partial charge in [-0.2, -0.15) is 15.0 Å². The molecule has 7 nitrogen and oxygen atoms in total. The molecule has 0 aliphatic heterocycles.